The molecule has 0 spiro atoms. The molecule has 1 aliphatic rings. The Balaban J connectivity index is 2.64. The molecule has 0 N–H and O–H groups in total. The number of benzene rings is 1. The van der Waals surface area contributed by atoms with E-state index in [9.17, 15) is 4.79 Å². The van der Waals surface area contributed by atoms with Gasteiger partial charge in [0.25, 0.3) is 0 Å². The number of esters is 1. The second kappa shape index (κ2) is 6.27. The van der Waals surface area contributed by atoms with E-state index in [4.69, 9.17) is 4.74 Å². The molecular formula is C21H31NO2. The van der Waals surface area contributed by atoms with E-state index in [1.165, 1.54) is 17.5 Å². The molecule has 1 aromatic carbocycles. The lowest BCUT2D eigenvalue weighted by atomic mass is 9.78. The fraction of sp³-hybridized carbons (Fsp3) is 0.571. The lowest BCUT2D eigenvalue weighted by Gasteiger charge is -2.55. The molecule has 0 saturated carbocycles. The van der Waals surface area contributed by atoms with Gasteiger partial charge in [-0.15, -0.1) is 0 Å². The van der Waals surface area contributed by atoms with Crippen molar-refractivity contribution in [3.05, 3.63) is 35.4 Å². The highest BCUT2D eigenvalue weighted by Gasteiger charge is 2.43. The zero-order valence-electron chi connectivity index (χ0n) is 16.2. The number of nitrogens with zero attached hydrogens (tertiary/aromatic N) is 1. The summed E-state index contributed by atoms with van der Waals surface area (Å²) < 4.78 is 5.70. The maximum atomic E-state index is 12.1. The minimum Gasteiger partial charge on any atom is -0.421 e. The number of aryl methyl sites for hydroxylation is 1. The second-order valence-corrected chi connectivity index (χ2v) is 8.34. The molecule has 0 radical (unpaired) electrons. The number of carbonyl (C=O) groups is 1. The largest absolute Gasteiger partial charge is 0.421 e. The number of hydrogen-bond acceptors (Lipinski definition) is 3. The average molecular weight is 329 g/mol. The standard InChI is InChI=1S/C21H31NO2/c1-14(2)19(23)24-17-11-10-15(3)16(4)18(17)22-20(5,6)12-9-13-21(22,7)8/h10-11H,1,9,12-13H2,2-8H3. The number of piperidine rings is 1. The molecule has 1 aromatic rings. The van der Waals surface area contributed by atoms with Gasteiger partial charge in [-0.1, -0.05) is 12.6 Å². The second-order valence-electron chi connectivity index (χ2n) is 8.34. The van der Waals surface area contributed by atoms with Gasteiger partial charge in [-0.25, -0.2) is 4.79 Å². The smallest absolute Gasteiger partial charge is 0.338 e. The lowest BCUT2D eigenvalue weighted by molar-refractivity contribution is -0.130. The Hall–Kier alpha value is -1.77. The fourth-order valence-electron chi connectivity index (χ4n) is 3.93. The highest BCUT2D eigenvalue weighted by atomic mass is 16.5. The number of ether oxygens (including phenoxy) is 1. The summed E-state index contributed by atoms with van der Waals surface area (Å²) >= 11 is 0. The molecule has 0 aromatic heterocycles. The summed E-state index contributed by atoms with van der Waals surface area (Å²) in [5.41, 5.74) is 3.84. The number of carbonyl (C=O) groups excluding carboxylic acids is 1. The van der Waals surface area contributed by atoms with E-state index < -0.39 is 0 Å². The van der Waals surface area contributed by atoms with Crippen LogP contribution in [0.5, 0.6) is 5.75 Å². The van der Waals surface area contributed by atoms with Gasteiger partial charge in [-0.3, -0.25) is 0 Å². The Morgan fingerprint density at radius 2 is 1.67 bits per heavy atom. The predicted octanol–water partition coefficient (Wildman–Crippen LogP) is 5.33. The lowest BCUT2D eigenvalue weighted by Crippen LogP contribution is -2.59. The van der Waals surface area contributed by atoms with Gasteiger partial charge in [-0.05, 0) is 84.9 Å². The maximum Gasteiger partial charge on any atom is 0.338 e. The van der Waals surface area contributed by atoms with E-state index in [2.05, 4.69) is 53.0 Å². The number of anilines is 1. The highest BCUT2D eigenvalue weighted by molar-refractivity contribution is 5.90. The Morgan fingerprint density at radius 3 is 2.17 bits per heavy atom. The maximum absolute atomic E-state index is 12.1. The van der Waals surface area contributed by atoms with Crippen LogP contribution in [0.1, 0.15) is 65.0 Å². The van der Waals surface area contributed by atoms with Crippen molar-refractivity contribution >= 4 is 11.7 Å². The van der Waals surface area contributed by atoms with E-state index in [0.29, 0.717) is 11.3 Å². The van der Waals surface area contributed by atoms with Gasteiger partial charge in [0.15, 0.2) is 5.75 Å². The molecule has 1 heterocycles. The summed E-state index contributed by atoms with van der Waals surface area (Å²) in [5.74, 6) is 0.265. The summed E-state index contributed by atoms with van der Waals surface area (Å²) in [6.45, 7) is 18.7. The Labute approximate surface area is 146 Å². The summed E-state index contributed by atoms with van der Waals surface area (Å²) in [4.78, 5) is 14.6. The third-order valence-electron chi connectivity index (χ3n) is 5.23. The molecule has 2 rings (SSSR count). The van der Waals surface area contributed by atoms with Crippen LogP contribution in [0.25, 0.3) is 0 Å². The third kappa shape index (κ3) is 3.35. The van der Waals surface area contributed by atoms with Crippen molar-refractivity contribution in [2.24, 2.45) is 0 Å². The van der Waals surface area contributed by atoms with Crippen molar-refractivity contribution in [2.75, 3.05) is 4.90 Å². The molecule has 1 fully saturated rings. The third-order valence-corrected chi connectivity index (χ3v) is 5.23. The molecule has 24 heavy (non-hydrogen) atoms. The first kappa shape index (κ1) is 18.6. The van der Waals surface area contributed by atoms with Crippen LogP contribution in [0.3, 0.4) is 0 Å². The van der Waals surface area contributed by atoms with Crippen LogP contribution in [-0.4, -0.2) is 17.0 Å². The Bertz CT molecular complexity index is 655. The molecule has 0 atom stereocenters. The minimum absolute atomic E-state index is 0.00465. The van der Waals surface area contributed by atoms with Gasteiger partial charge in [0.05, 0.1) is 5.69 Å². The molecule has 132 valence electrons. The molecular weight excluding hydrogens is 298 g/mol. The summed E-state index contributed by atoms with van der Waals surface area (Å²) in [7, 11) is 0. The Morgan fingerprint density at radius 1 is 1.12 bits per heavy atom. The van der Waals surface area contributed by atoms with Crippen LogP contribution in [-0.2, 0) is 4.79 Å². The normalized spacial score (nSPS) is 19.0. The van der Waals surface area contributed by atoms with Crippen molar-refractivity contribution in [1.82, 2.24) is 0 Å². The summed E-state index contributed by atoms with van der Waals surface area (Å²) in [6, 6.07) is 3.93. The van der Waals surface area contributed by atoms with Crippen LogP contribution >= 0.6 is 0 Å². The zero-order chi connectivity index (χ0) is 18.3. The quantitative estimate of drug-likeness (QED) is 0.426. The van der Waals surface area contributed by atoms with Crippen LogP contribution in [0.4, 0.5) is 5.69 Å². The monoisotopic (exact) mass is 329 g/mol. The topological polar surface area (TPSA) is 29.5 Å². The molecule has 1 aliphatic heterocycles. The van der Waals surface area contributed by atoms with Crippen molar-refractivity contribution < 1.29 is 9.53 Å². The predicted molar refractivity (Wildman–Crippen MR) is 101 cm³/mol. The van der Waals surface area contributed by atoms with Gasteiger partial charge in [-0.2, -0.15) is 0 Å². The van der Waals surface area contributed by atoms with Gasteiger partial charge in [0.1, 0.15) is 0 Å². The van der Waals surface area contributed by atoms with Gasteiger partial charge in [0, 0.05) is 16.7 Å². The van der Waals surface area contributed by atoms with Gasteiger partial charge < -0.3 is 9.64 Å². The van der Waals surface area contributed by atoms with Crippen LogP contribution < -0.4 is 9.64 Å². The molecule has 3 nitrogen and oxygen atoms in total. The van der Waals surface area contributed by atoms with Gasteiger partial charge in [0.2, 0.25) is 0 Å². The molecule has 0 bridgehead atoms. The fourth-order valence-corrected chi connectivity index (χ4v) is 3.93. The van der Waals surface area contributed by atoms with Crippen LogP contribution in [0.15, 0.2) is 24.3 Å². The van der Waals surface area contributed by atoms with E-state index >= 15 is 0 Å². The first-order chi connectivity index (χ1) is 11.0. The Kier molecular flexibility index (Phi) is 4.85. The van der Waals surface area contributed by atoms with Crippen molar-refractivity contribution in [3.63, 3.8) is 0 Å². The van der Waals surface area contributed by atoms with Crippen molar-refractivity contribution in [3.8, 4) is 5.75 Å². The summed E-state index contributed by atoms with van der Waals surface area (Å²) in [5, 5.41) is 0. The van der Waals surface area contributed by atoms with E-state index in [-0.39, 0.29) is 17.0 Å². The number of rotatable bonds is 3. The van der Waals surface area contributed by atoms with Crippen LogP contribution in [0, 0.1) is 13.8 Å². The zero-order valence-corrected chi connectivity index (χ0v) is 16.2. The summed E-state index contributed by atoms with van der Waals surface area (Å²) in [6.07, 6.45) is 3.46. The highest BCUT2D eigenvalue weighted by Crippen LogP contribution is 2.47. The van der Waals surface area contributed by atoms with Gasteiger partial charge >= 0.3 is 5.97 Å². The first-order valence-corrected chi connectivity index (χ1v) is 8.75. The first-order valence-electron chi connectivity index (χ1n) is 8.75. The van der Waals surface area contributed by atoms with Crippen molar-refractivity contribution in [2.45, 2.75) is 78.8 Å². The van der Waals surface area contributed by atoms with E-state index in [0.717, 1.165) is 18.5 Å². The molecule has 0 amide bonds. The minimum atomic E-state index is -0.368. The number of hydrogen-bond donors (Lipinski definition) is 0. The molecule has 3 heteroatoms. The average Bonchev–Trinajstić information content (AvgIpc) is 2.44. The van der Waals surface area contributed by atoms with Crippen molar-refractivity contribution in [1.29, 1.82) is 0 Å². The molecule has 1 saturated heterocycles. The molecule has 0 unspecified atom stereocenters. The molecule has 0 aliphatic carbocycles. The van der Waals surface area contributed by atoms with E-state index in [1.54, 1.807) is 6.92 Å². The van der Waals surface area contributed by atoms with E-state index in [1.807, 2.05) is 12.1 Å². The SMILES string of the molecule is C=C(C)C(=O)Oc1ccc(C)c(C)c1N1C(C)(C)CCCC1(C)C. The van der Waals surface area contributed by atoms with Crippen LogP contribution in [0.2, 0.25) is 0 Å².